The van der Waals surface area contributed by atoms with Gasteiger partial charge in [0.2, 0.25) is 5.91 Å². The number of halogens is 2. The van der Waals surface area contributed by atoms with E-state index in [1.165, 1.54) is 0 Å². The van der Waals surface area contributed by atoms with Gasteiger partial charge in [-0.2, -0.15) is 0 Å². The van der Waals surface area contributed by atoms with Crippen LogP contribution in [0, 0.1) is 0 Å². The van der Waals surface area contributed by atoms with Crippen molar-refractivity contribution in [2.45, 2.75) is 38.7 Å². The first-order chi connectivity index (χ1) is 7.56. The molecular formula is C10H19F2NO3. The summed E-state index contributed by atoms with van der Waals surface area (Å²) in [7, 11) is 0. The lowest BCUT2D eigenvalue weighted by Gasteiger charge is -2.13. The summed E-state index contributed by atoms with van der Waals surface area (Å²) in [5.41, 5.74) is 0. The molecule has 0 bridgehead atoms. The standard InChI is InChI=1S/C10H19F2NO3/c1-8(3-2-5-14)13-10(15)4-6-16-7-9(11)12/h8-9,14H,2-7H2,1H3,(H,13,15). The number of carbonyl (C=O) groups excluding carboxylic acids is 1. The zero-order valence-electron chi connectivity index (χ0n) is 9.42. The fourth-order valence-electron chi connectivity index (χ4n) is 1.15. The van der Waals surface area contributed by atoms with Gasteiger partial charge in [-0.3, -0.25) is 4.79 Å². The van der Waals surface area contributed by atoms with Crippen LogP contribution in [-0.2, 0) is 9.53 Å². The normalized spacial score (nSPS) is 12.8. The minimum atomic E-state index is -2.49. The van der Waals surface area contributed by atoms with Crippen molar-refractivity contribution >= 4 is 5.91 Å². The lowest BCUT2D eigenvalue weighted by Crippen LogP contribution is -2.33. The van der Waals surface area contributed by atoms with Crippen LogP contribution in [0.25, 0.3) is 0 Å². The Morgan fingerprint density at radius 1 is 1.50 bits per heavy atom. The number of aliphatic hydroxyl groups is 1. The summed E-state index contributed by atoms with van der Waals surface area (Å²) < 4.78 is 27.9. The molecule has 0 heterocycles. The molecule has 16 heavy (non-hydrogen) atoms. The number of carbonyl (C=O) groups is 1. The summed E-state index contributed by atoms with van der Waals surface area (Å²) in [5.74, 6) is -0.222. The third-order valence-electron chi connectivity index (χ3n) is 1.92. The van der Waals surface area contributed by atoms with Crippen LogP contribution in [0.3, 0.4) is 0 Å². The highest BCUT2D eigenvalue weighted by Crippen LogP contribution is 1.97. The van der Waals surface area contributed by atoms with Crippen LogP contribution in [0.5, 0.6) is 0 Å². The molecule has 0 aliphatic rings. The van der Waals surface area contributed by atoms with Gasteiger partial charge in [0.25, 0.3) is 6.43 Å². The average molecular weight is 239 g/mol. The second kappa shape index (κ2) is 9.47. The van der Waals surface area contributed by atoms with Crippen molar-refractivity contribution < 1.29 is 23.4 Å². The van der Waals surface area contributed by atoms with Crippen LogP contribution in [0.4, 0.5) is 8.78 Å². The lowest BCUT2D eigenvalue weighted by atomic mass is 10.2. The summed E-state index contributed by atoms with van der Waals surface area (Å²) in [6.07, 6.45) is -1.09. The molecule has 1 atom stereocenters. The lowest BCUT2D eigenvalue weighted by molar-refractivity contribution is -0.123. The predicted octanol–water partition coefficient (Wildman–Crippen LogP) is 0.935. The highest BCUT2D eigenvalue weighted by molar-refractivity contribution is 5.76. The Hall–Kier alpha value is -0.750. The summed E-state index contributed by atoms with van der Waals surface area (Å²) in [6, 6.07) is -0.0188. The van der Waals surface area contributed by atoms with E-state index >= 15 is 0 Å². The maximum absolute atomic E-state index is 11.7. The summed E-state index contributed by atoms with van der Waals surface area (Å²) >= 11 is 0. The molecule has 0 aromatic rings. The number of hydrogen-bond acceptors (Lipinski definition) is 3. The minimum Gasteiger partial charge on any atom is -0.396 e. The Morgan fingerprint density at radius 2 is 2.19 bits per heavy atom. The molecule has 0 aliphatic carbocycles. The van der Waals surface area contributed by atoms with Gasteiger partial charge >= 0.3 is 0 Å². The Morgan fingerprint density at radius 3 is 2.75 bits per heavy atom. The second-order valence-electron chi connectivity index (χ2n) is 3.55. The minimum absolute atomic E-state index is 0.00287. The number of alkyl halides is 2. The molecular weight excluding hydrogens is 220 g/mol. The summed E-state index contributed by atoms with van der Waals surface area (Å²) in [6.45, 7) is 1.29. The van der Waals surface area contributed by atoms with Crippen LogP contribution < -0.4 is 5.32 Å². The molecule has 0 saturated heterocycles. The van der Waals surface area contributed by atoms with Crippen molar-refractivity contribution in [1.29, 1.82) is 0 Å². The van der Waals surface area contributed by atoms with Crippen LogP contribution in [0.1, 0.15) is 26.2 Å². The third-order valence-corrected chi connectivity index (χ3v) is 1.92. The molecule has 1 unspecified atom stereocenters. The zero-order chi connectivity index (χ0) is 12.4. The number of ether oxygens (including phenoxy) is 1. The fourth-order valence-corrected chi connectivity index (χ4v) is 1.15. The first-order valence-electron chi connectivity index (χ1n) is 5.32. The first-order valence-corrected chi connectivity index (χ1v) is 5.32. The number of nitrogens with one attached hydrogen (secondary N) is 1. The van der Waals surface area contributed by atoms with Crippen LogP contribution in [0.2, 0.25) is 0 Å². The molecule has 0 rings (SSSR count). The van der Waals surface area contributed by atoms with E-state index in [0.29, 0.717) is 12.8 Å². The van der Waals surface area contributed by atoms with E-state index in [1.54, 1.807) is 0 Å². The molecule has 0 aliphatic heterocycles. The van der Waals surface area contributed by atoms with Crippen LogP contribution in [0.15, 0.2) is 0 Å². The molecule has 0 spiro atoms. The van der Waals surface area contributed by atoms with Crippen LogP contribution >= 0.6 is 0 Å². The number of aliphatic hydroxyl groups excluding tert-OH is 1. The van der Waals surface area contributed by atoms with Gasteiger partial charge < -0.3 is 15.2 Å². The highest BCUT2D eigenvalue weighted by atomic mass is 19.3. The average Bonchev–Trinajstić information content (AvgIpc) is 2.21. The van der Waals surface area contributed by atoms with E-state index in [1.807, 2.05) is 6.92 Å². The van der Waals surface area contributed by atoms with Crippen molar-refractivity contribution in [2.24, 2.45) is 0 Å². The molecule has 2 N–H and O–H groups in total. The Kier molecular flexibility index (Phi) is 9.03. The van der Waals surface area contributed by atoms with Gasteiger partial charge in [0.05, 0.1) is 6.61 Å². The quantitative estimate of drug-likeness (QED) is 0.589. The molecule has 0 saturated carbocycles. The first kappa shape index (κ1) is 15.2. The second-order valence-corrected chi connectivity index (χ2v) is 3.55. The van der Waals surface area contributed by atoms with Gasteiger partial charge in [0, 0.05) is 19.1 Å². The molecule has 96 valence electrons. The molecule has 0 aromatic heterocycles. The van der Waals surface area contributed by atoms with E-state index in [0.717, 1.165) is 0 Å². The topological polar surface area (TPSA) is 58.6 Å². The van der Waals surface area contributed by atoms with Crippen molar-refractivity contribution in [3.05, 3.63) is 0 Å². The van der Waals surface area contributed by atoms with Crippen molar-refractivity contribution in [2.75, 3.05) is 19.8 Å². The Bertz CT molecular complexity index is 191. The van der Waals surface area contributed by atoms with Gasteiger partial charge in [-0.25, -0.2) is 8.78 Å². The van der Waals surface area contributed by atoms with Gasteiger partial charge in [-0.05, 0) is 19.8 Å². The maximum atomic E-state index is 11.7. The van der Waals surface area contributed by atoms with Gasteiger partial charge in [0.15, 0.2) is 0 Å². The fraction of sp³-hybridized carbons (Fsp3) is 0.900. The van der Waals surface area contributed by atoms with Gasteiger partial charge in [0.1, 0.15) is 6.61 Å². The molecule has 4 nitrogen and oxygen atoms in total. The van der Waals surface area contributed by atoms with Crippen molar-refractivity contribution in [1.82, 2.24) is 5.32 Å². The monoisotopic (exact) mass is 239 g/mol. The number of hydrogen-bond donors (Lipinski definition) is 2. The van der Waals surface area contributed by atoms with E-state index in [-0.39, 0.29) is 31.6 Å². The van der Waals surface area contributed by atoms with Crippen molar-refractivity contribution in [3.63, 3.8) is 0 Å². The Labute approximate surface area is 94.0 Å². The maximum Gasteiger partial charge on any atom is 0.261 e. The molecule has 0 radical (unpaired) electrons. The van der Waals surface area contributed by atoms with E-state index in [9.17, 15) is 13.6 Å². The zero-order valence-corrected chi connectivity index (χ0v) is 9.42. The molecule has 0 aromatic carbocycles. The molecule has 6 heteroatoms. The smallest absolute Gasteiger partial charge is 0.261 e. The molecule has 0 fully saturated rings. The largest absolute Gasteiger partial charge is 0.396 e. The van der Waals surface area contributed by atoms with E-state index in [4.69, 9.17) is 5.11 Å². The highest BCUT2D eigenvalue weighted by Gasteiger charge is 2.07. The molecule has 1 amide bonds. The Balaban J connectivity index is 3.43. The van der Waals surface area contributed by atoms with Gasteiger partial charge in [-0.15, -0.1) is 0 Å². The summed E-state index contributed by atoms with van der Waals surface area (Å²) in [4.78, 5) is 11.2. The van der Waals surface area contributed by atoms with E-state index < -0.39 is 13.0 Å². The SMILES string of the molecule is CC(CCCO)NC(=O)CCOCC(F)F. The third kappa shape index (κ3) is 9.79. The van der Waals surface area contributed by atoms with Crippen LogP contribution in [-0.4, -0.2) is 43.3 Å². The van der Waals surface area contributed by atoms with E-state index in [2.05, 4.69) is 10.1 Å². The number of rotatable bonds is 9. The predicted molar refractivity (Wildman–Crippen MR) is 55.4 cm³/mol. The number of amides is 1. The van der Waals surface area contributed by atoms with Gasteiger partial charge in [-0.1, -0.05) is 0 Å². The summed E-state index contributed by atoms with van der Waals surface area (Å²) in [5, 5.41) is 11.3. The van der Waals surface area contributed by atoms with Crippen molar-refractivity contribution in [3.8, 4) is 0 Å².